The molecule has 6 nitrogen and oxygen atoms in total. The lowest BCUT2D eigenvalue weighted by molar-refractivity contribution is -0.204. The molecule has 1 amide bonds. The molecule has 0 heterocycles. The van der Waals surface area contributed by atoms with E-state index >= 15 is 0 Å². The van der Waals surface area contributed by atoms with Crippen molar-refractivity contribution in [1.29, 1.82) is 0 Å². The average Bonchev–Trinajstić information content (AvgIpc) is 2.69. The second-order valence-corrected chi connectivity index (χ2v) is 5.98. The van der Waals surface area contributed by atoms with Crippen molar-refractivity contribution in [1.82, 2.24) is 5.32 Å². The molecule has 0 aromatic heterocycles. The van der Waals surface area contributed by atoms with Crippen molar-refractivity contribution in [3.8, 4) is 5.75 Å². The van der Waals surface area contributed by atoms with Crippen LogP contribution in [0.25, 0.3) is 0 Å². The first-order chi connectivity index (χ1) is 14.1. The zero-order valence-corrected chi connectivity index (χ0v) is 16.2. The van der Waals surface area contributed by atoms with E-state index in [1.807, 2.05) is 5.32 Å². The number of rotatable bonds is 8. The van der Waals surface area contributed by atoms with Gasteiger partial charge in [-0.15, -0.1) is 0 Å². The molecule has 0 aliphatic heterocycles. The highest BCUT2D eigenvalue weighted by Crippen LogP contribution is 2.34. The highest BCUT2D eigenvalue weighted by atomic mass is 19.4. The first-order valence-corrected chi connectivity index (χ1v) is 8.96. The number of ether oxygens (including phenoxy) is 2. The van der Waals surface area contributed by atoms with E-state index in [0.717, 1.165) is 24.3 Å². The Labute approximate surface area is 170 Å². The number of carbonyl (C=O) groups is 2. The zero-order chi connectivity index (χ0) is 22.4. The van der Waals surface area contributed by atoms with E-state index in [1.54, 1.807) is 18.3 Å². The van der Waals surface area contributed by atoms with Gasteiger partial charge in [0, 0.05) is 5.69 Å². The number of benzene rings is 2. The Kier molecular flexibility index (Phi) is 7.25. The Balaban J connectivity index is 2.52. The molecule has 0 aliphatic carbocycles. The summed E-state index contributed by atoms with van der Waals surface area (Å²) in [5, 5.41) is 3.67. The predicted molar refractivity (Wildman–Crippen MR) is 101 cm³/mol. The Hall–Kier alpha value is -3.30. The molecule has 0 spiro atoms. The summed E-state index contributed by atoms with van der Waals surface area (Å²) in [7, 11) is 0. The van der Waals surface area contributed by atoms with Crippen LogP contribution in [0.5, 0.6) is 5.75 Å². The summed E-state index contributed by atoms with van der Waals surface area (Å²) in [5.74, 6) is -3.65. The second kappa shape index (κ2) is 9.47. The lowest BCUT2D eigenvalue weighted by atomic mass is 10.1. The normalized spacial score (nSPS) is 13.1. The van der Waals surface area contributed by atoms with Crippen LogP contribution < -0.4 is 15.4 Å². The van der Waals surface area contributed by atoms with Gasteiger partial charge in [0.25, 0.3) is 5.91 Å². The topological polar surface area (TPSA) is 76.7 Å². The number of amides is 1. The molecule has 0 aliphatic rings. The molecule has 0 saturated carbocycles. The van der Waals surface area contributed by atoms with Crippen LogP contribution in [0, 0.1) is 5.82 Å². The second-order valence-electron chi connectivity index (χ2n) is 5.98. The van der Waals surface area contributed by atoms with Gasteiger partial charge in [0.05, 0.1) is 18.8 Å². The van der Waals surface area contributed by atoms with Crippen LogP contribution in [-0.4, -0.2) is 36.9 Å². The fraction of sp³-hybridized carbons (Fsp3) is 0.300. The van der Waals surface area contributed by atoms with Crippen molar-refractivity contribution in [2.75, 3.05) is 18.5 Å². The van der Waals surface area contributed by atoms with Gasteiger partial charge in [-0.25, -0.2) is 9.18 Å². The summed E-state index contributed by atoms with van der Waals surface area (Å²) in [6.45, 7) is 2.76. The number of carbonyl (C=O) groups excluding carboxylic acids is 2. The number of esters is 1. The molecule has 2 aromatic rings. The van der Waals surface area contributed by atoms with Gasteiger partial charge in [-0.3, -0.25) is 4.79 Å². The lowest BCUT2D eigenvalue weighted by Gasteiger charge is -2.35. The molecule has 162 valence electrons. The molecule has 0 radical (unpaired) electrons. The van der Waals surface area contributed by atoms with Crippen molar-refractivity contribution >= 4 is 17.6 Å². The van der Waals surface area contributed by atoms with Crippen molar-refractivity contribution < 1.29 is 36.6 Å². The lowest BCUT2D eigenvalue weighted by Crippen LogP contribution is -2.69. The van der Waals surface area contributed by atoms with Crippen molar-refractivity contribution in [3.63, 3.8) is 0 Å². The average molecular weight is 428 g/mol. The highest BCUT2D eigenvalue weighted by Gasteiger charge is 2.63. The minimum Gasteiger partial charge on any atom is -0.493 e. The number of anilines is 1. The van der Waals surface area contributed by atoms with E-state index in [2.05, 4.69) is 4.74 Å². The molecule has 1 unspecified atom stereocenters. The summed E-state index contributed by atoms with van der Waals surface area (Å²) in [6, 6.07) is 9.44. The van der Waals surface area contributed by atoms with Gasteiger partial charge in [0.2, 0.25) is 0 Å². The number of nitrogens with one attached hydrogen (secondary N) is 2. The number of hydrogen-bond donors (Lipinski definition) is 2. The maximum atomic E-state index is 14.2. The molecule has 10 heteroatoms. The third-order valence-electron chi connectivity index (χ3n) is 3.92. The SMILES string of the molecule is CCOC(=O)C(NC(=O)c1ccccc1OCC)(Nc1ccc(F)cc1)C(F)(F)F. The first-order valence-electron chi connectivity index (χ1n) is 8.96. The minimum absolute atomic E-state index is 0.0409. The van der Waals surface area contributed by atoms with Gasteiger partial charge in [0.1, 0.15) is 11.6 Å². The quantitative estimate of drug-likeness (QED) is 0.379. The summed E-state index contributed by atoms with van der Waals surface area (Å²) < 4.78 is 65.5. The van der Waals surface area contributed by atoms with Crippen LogP contribution in [0.15, 0.2) is 48.5 Å². The molecule has 2 rings (SSSR count). The largest absolute Gasteiger partial charge is 0.493 e. The van der Waals surface area contributed by atoms with Crippen LogP contribution in [-0.2, 0) is 9.53 Å². The Morgan fingerprint density at radius 2 is 1.60 bits per heavy atom. The molecule has 0 bridgehead atoms. The van der Waals surface area contributed by atoms with E-state index in [4.69, 9.17) is 4.74 Å². The molecular formula is C20H20F4N2O4. The van der Waals surface area contributed by atoms with Gasteiger partial charge in [-0.1, -0.05) is 12.1 Å². The van der Waals surface area contributed by atoms with Crippen LogP contribution in [0.2, 0.25) is 0 Å². The summed E-state index contributed by atoms with van der Waals surface area (Å²) in [6.07, 6.45) is -5.32. The number of para-hydroxylation sites is 1. The molecule has 0 saturated heterocycles. The fourth-order valence-electron chi connectivity index (χ4n) is 2.55. The van der Waals surface area contributed by atoms with Gasteiger partial charge in [-0.05, 0) is 50.2 Å². The highest BCUT2D eigenvalue weighted by molar-refractivity contribution is 6.01. The van der Waals surface area contributed by atoms with E-state index in [0.29, 0.717) is 0 Å². The summed E-state index contributed by atoms with van der Waals surface area (Å²) in [5.41, 5.74) is -4.10. The van der Waals surface area contributed by atoms with E-state index in [9.17, 15) is 27.2 Å². The van der Waals surface area contributed by atoms with Crippen LogP contribution in [0.4, 0.5) is 23.2 Å². The maximum Gasteiger partial charge on any atom is 0.441 e. The van der Waals surface area contributed by atoms with Gasteiger partial charge < -0.3 is 20.1 Å². The van der Waals surface area contributed by atoms with Crippen LogP contribution in [0.1, 0.15) is 24.2 Å². The van der Waals surface area contributed by atoms with Crippen LogP contribution in [0.3, 0.4) is 0 Å². The van der Waals surface area contributed by atoms with Gasteiger partial charge in [0.15, 0.2) is 0 Å². The molecule has 2 N–H and O–H groups in total. The number of hydrogen-bond acceptors (Lipinski definition) is 5. The zero-order valence-electron chi connectivity index (χ0n) is 16.2. The first kappa shape index (κ1) is 23.0. The molecule has 2 aromatic carbocycles. The third kappa shape index (κ3) is 5.00. The van der Waals surface area contributed by atoms with Gasteiger partial charge >= 0.3 is 17.8 Å². The smallest absolute Gasteiger partial charge is 0.441 e. The monoisotopic (exact) mass is 428 g/mol. The Morgan fingerprint density at radius 1 is 0.967 bits per heavy atom. The van der Waals surface area contributed by atoms with Crippen LogP contribution >= 0.6 is 0 Å². The van der Waals surface area contributed by atoms with E-state index in [1.165, 1.54) is 25.1 Å². The standard InChI is InChI=1S/C20H20F4N2O4/c1-3-29-16-8-6-5-7-15(16)17(27)26-19(20(22,23)24,18(28)30-4-2)25-14-11-9-13(21)10-12-14/h5-12,25H,3-4H2,1-2H3,(H,26,27). The minimum atomic E-state index is -5.32. The Bertz CT molecular complexity index is 887. The van der Waals surface area contributed by atoms with Crippen molar-refractivity contribution in [2.24, 2.45) is 0 Å². The van der Waals surface area contributed by atoms with E-state index < -0.39 is 29.5 Å². The number of halogens is 4. The third-order valence-corrected chi connectivity index (χ3v) is 3.92. The van der Waals surface area contributed by atoms with Crippen molar-refractivity contribution in [2.45, 2.75) is 25.7 Å². The van der Waals surface area contributed by atoms with E-state index in [-0.39, 0.29) is 30.2 Å². The summed E-state index contributed by atoms with van der Waals surface area (Å²) >= 11 is 0. The van der Waals surface area contributed by atoms with Gasteiger partial charge in [-0.2, -0.15) is 13.2 Å². The fourth-order valence-corrected chi connectivity index (χ4v) is 2.55. The molecule has 30 heavy (non-hydrogen) atoms. The maximum absolute atomic E-state index is 14.2. The Morgan fingerprint density at radius 3 is 2.17 bits per heavy atom. The number of alkyl halides is 3. The molecular weight excluding hydrogens is 408 g/mol. The van der Waals surface area contributed by atoms with Crippen molar-refractivity contribution in [3.05, 3.63) is 59.9 Å². The predicted octanol–water partition coefficient (Wildman–Crippen LogP) is 3.89. The molecule has 1 atom stereocenters. The molecule has 0 fully saturated rings. The summed E-state index contributed by atoms with van der Waals surface area (Å²) in [4.78, 5) is 25.2.